The molecule has 2 heteroatoms. The van der Waals surface area contributed by atoms with Crippen molar-refractivity contribution in [2.45, 2.75) is 374 Å². The Morgan fingerprint density at radius 3 is 0.574 bits per heavy atom. The molecule has 0 N–H and O–H groups in total. The van der Waals surface area contributed by atoms with E-state index in [9.17, 15) is 0 Å². The van der Waals surface area contributed by atoms with Crippen molar-refractivity contribution in [1.82, 2.24) is 0 Å². The summed E-state index contributed by atoms with van der Waals surface area (Å²) in [5, 5.41) is 0. The van der Waals surface area contributed by atoms with Crippen LogP contribution in [0.25, 0.3) is 0 Å². The highest BCUT2D eigenvalue weighted by Gasteiger charge is 2.06. The molecule has 1 aromatic rings. The number of unbranched alkanes of at least 4 members (excludes halogenated alkanes) is 51. The van der Waals surface area contributed by atoms with Gasteiger partial charge in [0.15, 0.2) is 0 Å². The maximum Gasteiger partial charge on any atom is 0.123 e. The van der Waals surface area contributed by atoms with Crippen molar-refractivity contribution >= 4 is 0 Å². The molecule has 0 heterocycles. The van der Waals surface area contributed by atoms with Gasteiger partial charge in [0.2, 0.25) is 0 Å². The van der Waals surface area contributed by atoms with Gasteiger partial charge in [-0.05, 0) is 43.4 Å². The molecule has 1 aromatic carbocycles. The largest absolute Gasteiger partial charge is 0.493 e. The van der Waals surface area contributed by atoms with Crippen LogP contribution in [0.4, 0.5) is 0 Å². The summed E-state index contributed by atoms with van der Waals surface area (Å²) in [6.07, 6.45) is 78.2. The number of ether oxygens (including phenoxy) is 2. The lowest BCUT2D eigenvalue weighted by atomic mass is 10.0. The van der Waals surface area contributed by atoms with Crippen LogP contribution < -0.4 is 9.47 Å². The SMILES string of the molecule is CCCCCCCCCCCCCCCCCCCCCCCCCCCCOc1cc(CCCC)cc(OCCCCCCCCCCCCCCCCCCCCCCCCCCCC)c1. The van der Waals surface area contributed by atoms with Crippen molar-refractivity contribution in [1.29, 1.82) is 0 Å². The normalized spacial score (nSPS) is 11.6. The maximum absolute atomic E-state index is 6.30. The molecule has 1 rings (SSSR count). The zero-order chi connectivity index (χ0) is 48.6. The molecule has 0 aliphatic heterocycles. The molecule has 0 saturated carbocycles. The van der Waals surface area contributed by atoms with Crippen molar-refractivity contribution in [3.8, 4) is 11.5 Å². The van der Waals surface area contributed by atoms with Gasteiger partial charge in [-0.25, -0.2) is 0 Å². The summed E-state index contributed by atoms with van der Waals surface area (Å²) < 4.78 is 12.6. The summed E-state index contributed by atoms with van der Waals surface area (Å²) >= 11 is 0. The lowest BCUT2D eigenvalue weighted by Gasteiger charge is -2.13. The highest BCUT2D eigenvalue weighted by Crippen LogP contribution is 2.26. The Balaban J connectivity index is 1.90. The number of hydrogen-bond donors (Lipinski definition) is 0. The number of aryl methyl sites for hydroxylation is 1. The van der Waals surface area contributed by atoms with Gasteiger partial charge in [0.1, 0.15) is 11.5 Å². The van der Waals surface area contributed by atoms with Gasteiger partial charge in [-0.3, -0.25) is 0 Å². The Labute approximate surface area is 430 Å². The van der Waals surface area contributed by atoms with Gasteiger partial charge in [-0.2, -0.15) is 0 Å². The molecule has 0 bridgehead atoms. The van der Waals surface area contributed by atoms with Crippen molar-refractivity contribution in [3.63, 3.8) is 0 Å². The van der Waals surface area contributed by atoms with Crippen LogP contribution in [0.5, 0.6) is 11.5 Å². The second-order valence-electron chi connectivity index (χ2n) is 22.3. The lowest BCUT2D eigenvalue weighted by Crippen LogP contribution is -2.01. The predicted molar refractivity (Wildman–Crippen MR) is 307 cm³/mol. The van der Waals surface area contributed by atoms with E-state index in [2.05, 4.69) is 39.0 Å². The molecular formula is C66H126O2. The fraction of sp³-hybridized carbons (Fsp3) is 0.909. The minimum Gasteiger partial charge on any atom is -0.493 e. The maximum atomic E-state index is 6.30. The minimum absolute atomic E-state index is 0.829. The number of hydrogen-bond acceptors (Lipinski definition) is 2. The zero-order valence-electron chi connectivity index (χ0n) is 47.4. The molecule has 0 atom stereocenters. The summed E-state index contributed by atoms with van der Waals surface area (Å²) in [4.78, 5) is 0. The summed E-state index contributed by atoms with van der Waals surface area (Å²) in [5.41, 5.74) is 1.37. The van der Waals surface area contributed by atoms with Crippen LogP contribution in [0.2, 0.25) is 0 Å². The third-order valence-electron chi connectivity index (χ3n) is 15.3. The number of rotatable bonds is 59. The third-order valence-corrected chi connectivity index (χ3v) is 15.3. The van der Waals surface area contributed by atoms with Gasteiger partial charge in [0.25, 0.3) is 0 Å². The molecule has 0 aromatic heterocycles. The molecule has 0 amide bonds. The molecule has 0 saturated heterocycles. The molecule has 402 valence electrons. The first-order chi connectivity index (χ1) is 33.8. The second-order valence-corrected chi connectivity index (χ2v) is 22.3. The van der Waals surface area contributed by atoms with E-state index < -0.39 is 0 Å². The van der Waals surface area contributed by atoms with Crippen LogP contribution in [-0.2, 0) is 6.42 Å². The van der Waals surface area contributed by atoms with E-state index >= 15 is 0 Å². The van der Waals surface area contributed by atoms with Gasteiger partial charge in [-0.15, -0.1) is 0 Å². The highest BCUT2D eigenvalue weighted by atomic mass is 16.5. The predicted octanol–water partition coefficient (Wildman–Crippen LogP) is 24.1. The molecule has 2 nitrogen and oxygen atoms in total. The molecule has 0 radical (unpaired) electrons. The van der Waals surface area contributed by atoms with E-state index in [1.807, 2.05) is 0 Å². The van der Waals surface area contributed by atoms with Gasteiger partial charge in [0, 0.05) is 6.07 Å². The van der Waals surface area contributed by atoms with Gasteiger partial charge < -0.3 is 9.47 Å². The summed E-state index contributed by atoms with van der Waals surface area (Å²) in [6, 6.07) is 6.69. The van der Waals surface area contributed by atoms with E-state index in [1.54, 1.807) is 0 Å². The molecule has 0 spiro atoms. The van der Waals surface area contributed by atoms with E-state index in [0.29, 0.717) is 0 Å². The van der Waals surface area contributed by atoms with E-state index in [-0.39, 0.29) is 0 Å². The Morgan fingerprint density at radius 2 is 0.382 bits per heavy atom. The molecular weight excluding hydrogens is 825 g/mol. The first-order valence-corrected chi connectivity index (χ1v) is 32.2. The Hall–Kier alpha value is -1.18. The second kappa shape index (κ2) is 56.7. The standard InChI is InChI=1S/C66H126O2/c1-4-7-10-12-14-16-18-20-22-24-26-28-30-32-34-36-38-40-42-44-46-48-50-52-54-56-59-67-65-61-64(58-9-6-3)62-66(63-65)68-60-57-55-53-51-49-47-45-43-41-39-37-35-33-31-29-27-25-23-21-19-17-15-13-11-8-5-2/h61-63H,4-60H2,1-3H3. The van der Waals surface area contributed by atoms with Gasteiger partial charge in [-0.1, -0.05) is 348 Å². The van der Waals surface area contributed by atoms with Crippen LogP contribution >= 0.6 is 0 Å². The summed E-state index contributed by atoms with van der Waals surface area (Å²) in [6.45, 7) is 8.56. The molecule has 0 unspecified atom stereocenters. The van der Waals surface area contributed by atoms with Crippen molar-refractivity contribution < 1.29 is 9.47 Å². The van der Waals surface area contributed by atoms with E-state index in [1.165, 1.54) is 339 Å². The average molecular weight is 952 g/mol. The molecule has 0 aliphatic carbocycles. The van der Waals surface area contributed by atoms with Crippen LogP contribution in [0.15, 0.2) is 18.2 Å². The van der Waals surface area contributed by atoms with Crippen LogP contribution in [0.1, 0.15) is 373 Å². The van der Waals surface area contributed by atoms with Crippen molar-refractivity contribution in [2.24, 2.45) is 0 Å². The molecule has 0 aliphatic rings. The smallest absolute Gasteiger partial charge is 0.123 e. The number of benzene rings is 1. The van der Waals surface area contributed by atoms with E-state index in [0.717, 1.165) is 44.0 Å². The third kappa shape index (κ3) is 49.8. The van der Waals surface area contributed by atoms with Crippen LogP contribution in [0, 0.1) is 0 Å². The fourth-order valence-corrected chi connectivity index (χ4v) is 10.5. The summed E-state index contributed by atoms with van der Waals surface area (Å²) in [7, 11) is 0. The van der Waals surface area contributed by atoms with Gasteiger partial charge in [0.05, 0.1) is 13.2 Å². The fourth-order valence-electron chi connectivity index (χ4n) is 10.5. The minimum atomic E-state index is 0.829. The molecule has 0 fully saturated rings. The van der Waals surface area contributed by atoms with Crippen molar-refractivity contribution in [2.75, 3.05) is 13.2 Å². The monoisotopic (exact) mass is 951 g/mol. The summed E-state index contributed by atoms with van der Waals surface area (Å²) in [5.74, 6) is 2.02. The topological polar surface area (TPSA) is 18.5 Å². The Morgan fingerprint density at radius 1 is 0.206 bits per heavy atom. The Bertz CT molecular complexity index is 989. The Kier molecular flexibility index (Phi) is 54.1. The lowest BCUT2D eigenvalue weighted by molar-refractivity contribution is 0.289. The molecule has 68 heavy (non-hydrogen) atoms. The van der Waals surface area contributed by atoms with Crippen LogP contribution in [-0.4, -0.2) is 13.2 Å². The zero-order valence-corrected chi connectivity index (χ0v) is 47.4. The first kappa shape index (κ1) is 64.8. The average Bonchev–Trinajstić information content (AvgIpc) is 3.35. The van der Waals surface area contributed by atoms with Crippen molar-refractivity contribution in [3.05, 3.63) is 23.8 Å². The van der Waals surface area contributed by atoms with Crippen LogP contribution in [0.3, 0.4) is 0 Å². The first-order valence-electron chi connectivity index (χ1n) is 32.2. The van der Waals surface area contributed by atoms with Gasteiger partial charge >= 0.3 is 0 Å². The van der Waals surface area contributed by atoms with E-state index in [4.69, 9.17) is 9.47 Å². The quantitative estimate of drug-likeness (QED) is 0.0606. The highest BCUT2D eigenvalue weighted by molar-refractivity contribution is 5.38.